The third-order valence-corrected chi connectivity index (χ3v) is 4.33. The maximum absolute atomic E-state index is 12.3. The molecule has 2 N–H and O–H groups in total. The van der Waals surface area contributed by atoms with Crippen molar-refractivity contribution < 1.29 is 13.2 Å². The highest BCUT2D eigenvalue weighted by atomic mass is 127. The van der Waals surface area contributed by atoms with E-state index in [4.69, 9.17) is 0 Å². The van der Waals surface area contributed by atoms with Crippen molar-refractivity contribution >= 4 is 41.3 Å². The Hall–Kier alpha value is -0.620. The predicted octanol–water partition coefficient (Wildman–Crippen LogP) is 2.92. The number of nitrogens with one attached hydrogen (secondary N) is 2. The second-order valence-electron chi connectivity index (χ2n) is 5.36. The number of hydrogen-bond donors (Lipinski definition) is 2. The van der Waals surface area contributed by atoms with Crippen LogP contribution in [0.25, 0.3) is 0 Å². The van der Waals surface area contributed by atoms with Gasteiger partial charge in [0.2, 0.25) is 0 Å². The zero-order valence-electron chi connectivity index (χ0n) is 14.8. The molecule has 0 atom stereocenters. The quantitative estimate of drug-likeness (QED) is 0.316. The highest BCUT2D eigenvalue weighted by Gasteiger charge is 2.28. The molecule has 0 spiro atoms. The number of alkyl halides is 3. The van der Waals surface area contributed by atoms with Crippen LogP contribution in [0.15, 0.2) is 11.2 Å². The summed E-state index contributed by atoms with van der Waals surface area (Å²) < 4.78 is 36.8. The third-order valence-electron chi connectivity index (χ3n) is 3.13. The van der Waals surface area contributed by atoms with Crippen LogP contribution in [0.4, 0.5) is 13.2 Å². The van der Waals surface area contributed by atoms with Crippen LogP contribution in [0, 0.1) is 0 Å². The standard InChI is InChI=1S/C15H26F3N5S.HI/c1-4-12-10-22-13(24-12)6-7-20-14(19-5-2)21-8-9-23(3)11-15(16,17)18;/h10H,4-9,11H2,1-3H3,(H2,19,20,21);1H. The summed E-state index contributed by atoms with van der Waals surface area (Å²) in [7, 11) is 1.44. The SMILES string of the molecule is CCNC(=NCCN(C)CC(F)(F)F)NCCc1ncc(CC)s1.I. The number of likely N-dealkylation sites (N-methyl/N-ethyl adjacent to an activating group) is 1. The van der Waals surface area contributed by atoms with Gasteiger partial charge in [-0.25, -0.2) is 4.98 Å². The van der Waals surface area contributed by atoms with Crippen molar-refractivity contribution in [1.29, 1.82) is 0 Å². The Morgan fingerprint density at radius 2 is 2.04 bits per heavy atom. The summed E-state index contributed by atoms with van der Waals surface area (Å²) in [5, 5.41) is 7.34. The first kappa shape index (κ1) is 24.4. The molecule has 0 aromatic carbocycles. The molecule has 1 aromatic rings. The van der Waals surface area contributed by atoms with Crippen molar-refractivity contribution in [3.8, 4) is 0 Å². The fourth-order valence-corrected chi connectivity index (χ4v) is 2.84. The molecule has 25 heavy (non-hydrogen) atoms. The Bertz CT molecular complexity index is 508. The summed E-state index contributed by atoms with van der Waals surface area (Å²) in [5.41, 5.74) is 0. The highest BCUT2D eigenvalue weighted by Crippen LogP contribution is 2.15. The lowest BCUT2D eigenvalue weighted by Crippen LogP contribution is -2.39. The van der Waals surface area contributed by atoms with Gasteiger partial charge in [-0.2, -0.15) is 13.2 Å². The van der Waals surface area contributed by atoms with Gasteiger partial charge in [-0.3, -0.25) is 9.89 Å². The van der Waals surface area contributed by atoms with E-state index in [1.165, 1.54) is 16.8 Å². The smallest absolute Gasteiger partial charge is 0.357 e. The highest BCUT2D eigenvalue weighted by molar-refractivity contribution is 14.0. The second-order valence-corrected chi connectivity index (χ2v) is 6.56. The zero-order chi connectivity index (χ0) is 18.0. The lowest BCUT2D eigenvalue weighted by Gasteiger charge is -2.17. The Kier molecular flexibility index (Phi) is 12.4. The molecule has 146 valence electrons. The number of thiazole rings is 1. The average molecular weight is 493 g/mol. The fraction of sp³-hybridized carbons (Fsp3) is 0.733. The lowest BCUT2D eigenvalue weighted by molar-refractivity contribution is -0.142. The Labute approximate surface area is 168 Å². The largest absolute Gasteiger partial charge is 0.401 e. The molecule has 0 amide bonds. The first-order chi connectivity index (χ1) is 11.3. The van der Waals surface area contributed by atoms with Crippen LogP contribution in [-0.4, -0.2) is 61.8 Å². The topological polar surface area (TPSA) is 52.6 Å². The first-order valence-electron chi connectivity index (χ1n) is 8.05. The Morgan fingerprint density at radius 3 is 2.60 bits per heavy atom. The van der Waals surface area contributed by atoms with Gasteiger partial charge in [0.1, 0.15) is 0 Å². The van der Waals surface area contributed by atoms with Crippen LogP contribution in [-0.2, 0) is 12.8 Å². The summed E-state index contributed by atoms with van der Waals surface area (Å²) in [6.45, 7) is 5.06. The van der Waals surface area contributed by atoms with Gasteiger partial charge >= 0.3 is 6.18 Å². The van der Waals surface area contributed by atoms with E-state index in [0.717, 1.165) is 17.8 Å². The van der Waals surface area contributed by atoms with Crippen LogP contribution in [0.3, 0.4) is 0 Å². The Morgan fingerprint density at radius 1 is 1.32 bits per heavy atom. The van der Waals surface area contributed by atoms with Crippen LogP contribution < -0.4 is 10.6 Å². The van der Waals surface area contributed by atoms with E-state index in [-0.39, 0.29) is 30.5 Å². The van der Waals surface area contributed by atoms with Crippen LogP contribution in [0.5, 0.6) is 0 Å². The third kappa shape index (κ3) is 11.6. The molecule has 0 radical (unpaired) electrons. The molecule has 10 heteroatoms. The molecule has 0 unspecified atom stereocenters. The van der Waals surface area contributed by atoms with Gasteiger partial charge in [0.25, 0.3) is 0 Å². The maximum atomic E-state index is 12.3. The van der Waals surface area contributed by atoms with Crippen LogP contribution in [0.1, 0.15) is 23.7 Å². The van der Waals surface area contributed by atoms with Gasteiger partial charge in [0, 0.05) is 37.1 Å². The molecule has 0 fully saturated rings. The molecule has 1 heterocycles. The molecular formula is C15H27F3IN5S. The van der Waals surface area contributed by atoms with Gasteiger partial charge in [-0.1, -0.05) is 6.92 Å². The number of nitrogens with zero attached hydrogens (tertiary/aromatic N) is 3. The minimum Gasteiger partial charge on any atom is -0.357 e. The zero-order valence-corrected chi connectivity index (χ0v) is 18.0. The number of rotatable bonds is 9. The van der Waals surface area contributed by atoms with E-state index < -0.39 is 12.7 Å². The van der Waals surface area contributed by atoms with Gasteiger partial charge in [-0.05, 0) is 20.4 Å². The molecule has 0 aliphatic heterocycles. The average Bonchev–Trinajstić information content (AvgIpc) is 2.93. The van der Waals surface area contributed by atoms with Crippen molar-refractivity contribution in [2.45, 2.75) is 32.9 Å². The number of aryl methyl sites for hydroxylation is 1. The summed E-state index contributed by atoms with van der Waals surface area (Å²) >= 11 is 1.70. The maximum Gasteiger partial charge on any atom is 0.401 e. The number of aromatic nitrogens is 1. The monoisotopic (exact) mass is 493 g/mol. The van der Waals surface area contributed by atoms with Gasteiger partial charge in [-0.15, -0.1) is 35.3 Å². The second kappa shape index (κ2) is 12.7. The summed E-state index contributed by atoms with van der Waals surface area (Å²) in [4.78, 5) is 11.1. The van der Waals surface area contributed by atoms with E-state index in [0.29, 0.717) is 25.6 Å². The van der Waals surface area contributed by atoms with Crippen molar-refractivity contribution in [2.75, 3.05) is 39.8 Å². The minimum atomic E-state index is -4.17. The van der Waals surface area contributed by atoms with Gasteiger partial charge < -0.3 is 10.6 Å². The first-order valence-corrected chi connectivity index (χ1v) is 8.86. The summed E-state index contributed by atoms with van der Waals surface area (Å²) in [6.07, 6.45) is -0.494. The van der Waals surface area contributed by atoms with Gasteiger partial charge in [0.05, 0.1) is 18.1 Å². The van der Waals surface area contributed by atoms with Crippen LogP contribution in [0.2, 0.25) is 0 Å². The minimum absolute atomic E-state index is 0. The summed E-state index contributed by atoms with van der Waals surface area (Å²) in [5.74, 6) is 0.616. The van der Waals surface area contributed by atoms with E-state index in [2.05, 4.69) is 27.5 Å². The fourth-order valence-electron chi connectivity index (χ4n) is 1.97. The van der Waals surface area contributed by atoms with Gasteiger partial charge in [0.15, 0.2) is 5.96 Å². The lowest BCUT2D eigenvalue weighted by atomic mass is 10.4. The molecule has 0 saturated carbocycles. The number of guanidine groups is 1. The van der Waals surface area contributed by atoms with E-state index in [9.17, 15) is 13.2 Å². The predicted molar refractivity (Wildman–Crippen MR) is 108 cm³/mol. The van der Waals surface area contributed by atoms with Crippen molar-refractivity contribution in [3.05, 3.63) is 16.1 Å². The van der Waals surface area contributed by atoms with Crippen molar-refractivity contribution in [3.63, 3.8) is 0 Å². The van der Waals surface area contributed by atoms with Crippen molar-refractivity contribution in [2.24, 2.45) is 4.99 Å². The molecule has 0 saturated heterocycles. The van der Waals surface area contributed by atoms with Crippen LogP contribution >= 0.6 is 35.3 Å². The molecule has 1 aromatic heterocycles. The number of hydrogen-bond acceptors (Lipinski definition) is 4. The molecule has 5 nitrogen and oxygen atoms in total. The molecular weight excluding hydrogens is 466 g/mol. The van der Waals surface area contributed by atoms with Crippen molar-refractivity contribution in [1.82, 2.24) is 20.5 Å². The number of halogens is 4. The normalized spacial score (nSPS) is 12.2. The molecule has 0 aliphatic rings. The van der Waals surface area contributed by atoms with E-state index in [1.54, 1.807) is 11.3 Å². The molecule has 1 rings (SSSR count). The molecule has 0 aliphatic carbocycles. The Balaban J connectivity index is 0.00000576. The van der Waals surface area contributed by atoms with E-state index >= 15 is 0 Å². The van der Waals surface area contributed by atoms with E-state index in [1.807, 2.05) is 13.1 Å². The molecule has 0 bridgehead atoms. The summed E-state index contributed by atoms with van der Waals surface area (Å²) in [6, 6.07) is 0. The number of aliphatic imine (C=N–C) groups is 1.